The van der Waals surface area contributed by atoms with E-state index in [9.17, 15) is 10.1 Å². The highest BCUT2D eigenvalue weighted by Crippen LogP contribution is 2.23. The molecule has 0 amide bonds. The van der Waals surface area contributed by atoms with Crippen molar-refractivity contribution in [2.45, 2.75) is 6.54 Å². The SMILES string of the molecule is O=[N+]([O-])c1ccc(N(Cc2cccc3nonc23)n2cncn2)cc1. The molecule has 0 spiro atoms. The van der Waals surface area contributed by atoms with Crippen molar-refractivity contribution in [3.05, 3.63) is 70.8 Å². The van der Waals surface area contributed by atoms with Crippen LogP contribution in [0.15, 0.2) is 59.7 Å². The van der Waals surface area contributed by atoms with Crippen molar-refractivity contribution in [3.8, 4) is 0 Å². The fourth-order valence-corrected chi connectivity index (χ4v) is 2.51. The molecule has 0 saturated carbocycles. The largest absolute Gasteiger partial charge is 0.269 e. The lowest BCUT2D eigenvalue weighted by molar-refractivity contribution is -0.384. The van der Waals surface area contributed by atoms with E-state index in [1.165, 1.54) is 18.5 Å². The lowest BCUT2D eigenvalue weighted by Crippen LogP contribution is -2.29. The fourth-order valence-electron chi connectivity index (χ4n) is 2.51. The Morgan fingerprint density at radius 2 is 2.00 bits per heavy atom. The molecule has 25 heavy (non-hydrogen) atoms. The number of rotatable bonds is 5. The van der Waals surface area contributed by atoms with Gasteiger partial charge in [-0.3, -0.25) is 15.1 Å². The second-order valence-electron chi connectivity index (χ2n) is 5.20. The van der Waals surface area contributed by atoms with Crippen molar-refractivity contribution in [2.24, 2.45) is 0 Å². The van der Waals surface area contributed by atoms with Crippen molar-refractivity contribution < 1.29 is 9.55 Å². The van der Waals surface area contributed by atoms with Crippen LogP contribution in [0.3, 0.4) is 0 Å². The lowest BCUT2D eigenvalue weighted by Gasteiger charge is -2.23. The van der Waals surface area contributed by atoms with Crippen LogP contribution in [0.5, 0.6) is 0 Å². The summed E-state index contributed by atoms with van der Waals surface area (Å²) in [6.45, 7) is 0.396. The summed E-state index contributed by atoms with van der Waals surface area (Å²) in [4.78, 5) is 15.9. The number of hydrogen-bond donors (Lipinski definition) is 0. The molecule has 2 aromatic heterocycles. The van der Waals surface area contributed by atoms with E-state index >= 15 is 0 Å². The molecule has 0 bridgehead atoms. The minimum Gasteiger partial charge on any atom is -0.259 e. The van der Waals surface area contributed by atoms with E-state index in [0.717, 1.165) is 5.56 Å². The maximum absolute atomic E-state index is 10.9. The number of nitrogens with zero attached hydrogens (tertiary/aromatic N) is 7. The predicted molar refractivity (Wildman–Crippen MR) is 86.5 cm³/mol. The Balaban J connectivity index is 1.74. The zero-order valence-electron chi connectivity index (χ0n) is 12.8. The van der Waals surface area contributed by atoms with Gasteiger partial charge in [-0.25, -0.2) is 9.61 Å². The summed E-state index contributed by atoms with van der Waals surface area (Å²) in [6, 6.07) is 11.8. The zero-order valence-corrected chi connectivity index (χ0v) is 12.8. The summed E-state index contributed by atoms with van der Waals surface area (Å²) >= 11 is 0. The molecular weight excluding hydrogens is 326 g/mol. The Bertz CT molecular complexity index is 1010. The van der Waals surface area contributed by atoms with E-state index in [4.69, 9.17) is 4.63 Å². The Kier molecular flexibility index (Phi) is 3.54. The van der Waals surface area contributed by atoms with E-state index in [1.54, 1.807) is 34.3 Å². The van der Waals surface area contributed by atoms with Gasteiger partial charge in [0, 0.05) is 17.7 Å². The number of hydrogen-bond acceptors (Lipinski definition) is 8. The monoisotopic (exact) mass is 337 g/mol. The van der Waals surface area contributed by atoms with Gasteiger partial charge in [-0.2, -0.15) is 4.79 Å². The summed E-state index contributed by atoms with van der Waals surface area (Å²) in [7, 11) is 0. The van der Waals surface area contributed by atoms with Gasteiger partial charge in [0.15, 0.2) is 0 Å². The van der Waals surface area contributed by atoms with Gasteiger partial charge in [0.25, 0.3) is 5.69 Å². The Labute approximate surface area is 140 Å². The number of aromatic nitrogens is 5. The highest BCUT2D eigenvalue weighted by atomic mass is 16.6. The van der Waals surface area contributed by atoms with Gasteiger partial charge in [-0.1, -0.05) is 12.1 Å². The van der Waals surface area contributed by atoms with Crippen LogP contribution < -0.4 is 5.01 Å². The lowest BCUT2D eigenvalue weighted by atomic mass is 10.1. The summed E-state index contributed by atoms with van der Waals surface area (Å²) in [5.74, 6) is 0. The molecular formula is C15H11N7O3. The van der Waals surface area contributed by atoms with Crippen LogP contribution in [-0.4, -0.2) is 30.1 Å². The molecule has 0 aliphatic heterocycles. The Hall–Kier alpha value is -3.82. The van der Waals surface area contributed by atoms with Gasteiger partial charge in [0.2, 0.25) is 0 Å². The topological polar surface area (TPSA) is 116 Å². The molecule has 10 heteroatoms. The third-order valence-corrected chi connectivity index (χ3v) is 3.70. The van der Waals surface area contributed by atoms with Crippen molar-refractivity contribution in [3.63, 3.8) is 0 Å². The Morgan fingerprint density at radius 3 is 2.72 bits per heavy atom. The first kappa shape index (κ1) is 14.8. The molecule has 2 aromatic carbocycles. The maximum Gasteiger partial charge on any atom is 0.269 e. The number of fused-ring (bicyclic) bond motifs is 1. The number of anilines is 1. The van der Waals surface area contributed by atoms with E-state index in [0.29, 0.717) is 23.3 Å². The number of benzene rings is 2. The molecule has 2 heterocycles. The quantitative estimate of drug-likeness (QED) is 0.402. The highest BCUT2D eigenvalue weighted by molar-refractivity contribution is 5.77. The molecule has 0 unspecified atom stereocenters. The third kappa shape index (κ3) is 2.76. The number of nitro benzene ring substituents is 1. The molecule has 0 aliphatic rings. The summed E-state index contributed by atoms with van der Waals surface area (Å²) < 4.78 is 4.80. The molecule has 0 aliphatic carbocycles. The van der Waals surface area contributed by atoms with Crippen LogP contribution in [0.4, 0.5) is 11.4 Å². The normalized spacial score (nSPS) is 10.9. The molecule has 0 atom stereocenters. The van der Waals surface area contributed by atoms with Gasteiger partial charge < -0.3 is 0 Å². The van der Waals surface area contributed by atoms with Gasteiger partial charge in [-0.15, -0.1) is 5.10 Å². The number of non-ortho nitro benzene ring substituents is 1. The average Bonchev–Trinajstić information content (AvgIpc) is 3.31. The van der Waals surface area contributed by atoms with Gasteiger partial charge in [-0.05, 0) is 28.5 Å². The standard InChI is InChI=1S/C15H11N7O3/c23-22(24)13-6-4-12(5-7-13)20(21-10-16-9-17-21)8-11-2-1-3-14-15(11)19-25-18-14/h1-7,9-10H,8H2. The average molecular weight is 337 g/mol. The van der Waals surface area contributed by atoms with E-state index in [1.807, 2.05) is 12.1 Å². The second-order valence-corrected chi connectivity index (χ2v) is 5.20. The summed E-state index contributed by atoms with van der Waals surface area (Å²) in [5, 5.41) is 24.6. The molecule has 10 nitrogen and oxygen atoms in total. The molecule has 124 valence electrons. The molecule has 0 saturated heterocycles. The van der Waals surface area contributed by atoms with Gasteiger partial charge >= 0.3 is 0 Å². The first-order valence-corrected chi connectivity index (χ1v) is 7.29. The van der Waals surface area contributed by atoms with Crippen LogP contribution in [0.1, 0.15) is 5.56 Å². The highest BCUT2D eigenvalue weighted by Gasteiger charge is 2.15. The smallest absolute Gasteiger partial charge is 0.259 e. The zero-order chi connectivity index (χ0) is 17.2. The first-order valence-electron chi connectivity index (χ1n) is 7.29. The van der Waals surface area contributed by atoms with Gasteiger partial charge in [0.05, 0.1) is 17.2 Å². The van der Waals surface area contributed by atoms with E-state index in [2.05, 4.69) is 20.4 Å². The van der Waals surface area contributed by atoms with Crippen LogP contribution >= 0.6 is 0 Å². The van der Waals surface area contributed by atoms with Crippen LogP contribution in [0.25, 0.3) is 11.0 Å². The van der Waals surface area contributed by atoms with Crippen LogP contribution in [0, 0.1) is 10.1 Å². The third-order valence-electron chi connectivity index (χ3n) is 3.70. The molecule has 4 rings (SSSR count). The fraction of sp³-hybridized carbons (Fsp3) is 0.0667. The van der Waals surface area contributed by atoms with Crippen LogP contribution in [-0.2, 0) is 6.54 Å². The number of nitro groups is 1. The van der Waals surface area contributed by atoms with Crippen molar-refractivity contribution in [1.82, 2.24) is 25.2 Å². The van der Waals surface area contributed by atoms with E-state index < -0.39 is 4.92 Å². The minimum absolute atomic E-state index is 0.0186. The van der Waals surface area contributed by atoms with Crippen molar-refractivity contribution in [1.29, 1.82) is 0 Å². The van der Waals surface area contributed by atoms with Crippen molar-refractivity contribution >= 4 is 22.4 Å². The van der Waals surface area contributed by atoms with Crippen molar-refractivity contribution in [2.75, 3.05) is 5.01 Å². The molecule has 0 N–H and O–H groups in total. The molecule has 0 radical (unpaired) electrons. The molecule has 0 fully saturated rings. The van der Waals surface area contributed by atoms with E-state index in [-0.39, 0.29) is 5.69 Å². The summed E-state index contributed by atoms with van der Waals surface area (Å²) in [5.41, 5.74) is 2.90. The minimum atomic E-state index is -0.439. The second kappa shape index (κ2) is 6.00. The first-order chi connectivity index (χ1) is 12.2. The van der Waals surface area contributed by atoms with Gasteiger partial charge in [0.1, 0.15) is 23.7 Å². The molecule has 4 aromatic rings. The van der Waals surface area contributed by atoms with Crippen LogP contribution in [0.2, 0.25) is 0 Å². The predicted octanol–water partition coefficient (Wildman–Crippen LogP) is 2.19. The maximum atomic E-state index is 10.9. The Morgan fingerprint density at radius 1 is 1.16 bits per heavy atom. The summed E-state index contributed by atoms with van der Waals surface area (Å²) in [6.07, 6.45) is 2.96.